The highest BCUT2D eigenvalue weighted by molar-refractivity contribution is 5.95. The fourth-order valence-electron chi connectivity index (χ4n) is 6.05. The Morgan fingerprint density at radius 3 is 2.38 bits per heavy atom. The number of halogens is 2. The summed E-state index contributed by atoms with van der Waals surface area (Å²) in [6, 6.07) is 9.78. The molecule has 39 heavy (non-hydrogen) atoms. The van der Waals surface area contributed by atoms with E-state index in [1.807, 2.05) is 24.3 Å². The van der Waals surface area contributed by atoms with Gasteiger partial charge in [-0.15, -0.1) is 0 Å². The molecule has 5 N–H and O–H groups in total. The van der Waals surface area contributed by atoms with Crippen LogP contribution < -0.4 is 16.4 Å². The fourth-order valence-corrected chi connectivity index (χ4v) is 6.05. The van der Waals surface area contributed by atoms with Crippen LogP contribution in [0.2, 0.25) is 0 Å². The molecule has 2 aromatic carbocycles. The zero-order valence-corrected chi connectivity index (χ0v) is 22.1. The van der Waals surface area contributed by atoms with E-state index >= 15 is 0 Å². The fraction of sp³-hybridized carbons (Fsp3) is 0.483. The molecule has 2 aromatic rings. The van der Waals surface area contributed by atoms with Gasteiger partial charge in [-0.1, -0.05) is 30.3 Å². The quantitative estimate of drug-likeness (QED) is 0.363. The van der Waals surface area contributed by atoms with E-state index in [9.17, 15) is 28.3 Å². The number of piperidine rings is 1. The Morgan fingerprint density at radius 2 is 1.77 bits per heavy atom. The van der Waals surface area contributed by atoms with Crippen molar-refractivity contribution in [3.05, 3.63) is 70.8 Å². The number of benzene rings is 2. The van der Waals surface area contributed by atoms with Gasteiger partial charge in [0.15, 0.2) is 5.78 Å². The molecule has 1 aliphatic carbocycles. The van der Waals surface area contributed by atoms with Gasteiger partial charge in [-0.05, 0) is 63.0 Å². The highest BCUT2D eigenvalue weighted by Gasteiger charge is 2.56. The van der Waals surface area contributed by atoms with Crippen LogP contribution >= 0.6 is 0 Å². The minimum atomic E-state index is -1.32. The summed E-state index contributed by atoms with van der Waals surface area (Å²) in [6.45, 7) is 3.46. The van der Waals surface area contributed by atoms with Crippen LogP contribution in [0, 0.1) is 17.6 Å². The Morgan fingerprint density at radius 1 is 1.13 bits per heavy atom. The van der Waals surface area contributed by atoms with Crippen LogP contribution in [0.15, 0.2) is 42.5 Å². The zero-order chi connectivity index (χ0) is 28.4. The van der Waals surface area contributed by atoms with E-state index in [2.05, 4.69) is 10.6 Å². The highest BCUT2D eigenvalue weighted by atomic mass is 19.1. The number of hydrogen-bond acceptors (Lipinski definition) is 6. The van der Waals surface area contributed by atoms with Gasteiger partial charge in [-0.2, -0.15) is 0 Å². The van der Waals surface area contributed by atoms with Gasteiger partial charge in [0.2, 0.25) is 5.91 Å². The number of aliphatic carboxylic acids is 1. The summed E-state index contributed by atoms with van der Waals surface area (Å²) in [6.07, 6.45) is 0.967. The molecule has 1 fully saturated rings. The number of nitrogens with one attached hydrogen (secondary N) is 2. The number of carboxylic acid groups (broad SMARTS) is 1. The molecular weight excluding hydrogens is 508 g/mol. The summed E-state index contributed by atoms with van der Waals surface area (Å²) in [5.74, 6) is -4.96. The van der Waals surface area contributed by atoms with Gasteiger partial charge in [0.1, 0.15) is 17.7 Å². The number of ketones is 1. The third-order valence-corrected chi connectivity index (χ3v) is 7.92. The number of amides is 1. The summed E-state index contributed by atoms with van der Waals surface area (Å²) in [5, 5.41) is 15.8. The van der Waals surface area contributed by atoms with Gasteiger partial charge >= 0.3 is 5.97 Å². The van der Waals surface area contributed by atoms with Crippen LogP contribution in [0.25, 0.3) is 0 Å². The van der Waals surface area contributed by atoms with Crippen LogP contribution in [-0.4, -0.2) is 54.0 Å². The first kappa shape index (κ1) is 28.8. The van der Waals surface area contributed by atoms with Crippen molar-refractivity contribution in [2.24, 2.45) is 11.7 Å². The molecule has 10 heteroatoms. The Hall–Kier alpha value is -3.21. The Kier molecular flexibility index (Phi) is 8.48. The van der Waals surface area contributed by atoms with Crippen molar-refractivity contribution < 1.29 is 33.0 Å². The smallest absolute Gasteiger partial charge is 0.303 e. The third-order valence-electron chi connectivity index (χ3n) is 7.92. The molecule has 1 spiro atoms. The maximum absolute atomic E-state index is 14.4. The van der Waals surface area contributed by atoms with E-state index in [0.717, 1.165) is 23.3 Å². The van der Waals surface area contributed by atoms with Gasteiger partial charge in [0.05, 0.1) is 25.2 Å². The predicted molar refractivity (Wildman–Crippen MR) is 140 cm³/mol. The molecule has 0 radical (unpaired) electrons. The zero-order valence-electron chi connectivity index (χ0n) is 22.1. The van der Waals surface area contributed by atoms with Crippen molar-refractivity contribution in [2.75, 3.05) is 19.7 Å². The first-order valence-corrected chi connectivity index (χ1v) is 13.1. The van der Waals surface area contributed by atoms with Crippen LogP contribution in [0.1, 0.15) is 55.7 Å². The number of nitrogens with two attached hydrogens (primary N) is 1. The lowest BCUT2D eigenvalue weighted by Gasteiger charge is -2.42. The molecule has 2 aliphatic rings. The standard InChI is InChI=1S/C29H35F2N3O5/c1-28(2,32)27(38)34-23(16-39-15-19-21(30)8-5-9-22(19)31)26(37)25-18(14-24(35)36)17-6-3-4-7-20(17)29(25)10-12-33-13-11-29/h3-9,18,23,25,33H,10-16,32H2,1-2H3,(H,34,38)(H,35,36)/t18?,23-,25?/m1/s1. The SMILES string of the molecule is CC(C)(N)C(=O)N[C@H](COCc1c(F)cccc1F)C(=O)C1C(CC(=O)O)c2ccccc2C12CCNCC2. The maximum Gasteiger partial charge on any atom is 0.303 e. The first-order valence-electron chi connectivity index (χ1n) is 13.1. The van der Waals surface area contributed by atoms with E-state index in [1.165, 1.54) is 19.9 Å². The van der Waals surface area contributed by atoms with E-state index in [1.54, 1.807) is 0 Å². The van der Waals surface area contributed by atoms with Gasteiger partial charge in [0, 0.05) is 22.8 Å². The van der Waals surface area contributed by atoms with E-state index in [0.29, 0.717) is 25.9 Å². The average molecular weight is 544 g/mol. The number of carboxylic acids is 1. The number of carbonyl (C=O) groups excluding carboxylic acids is 2. The van der Waals surface area contributed by atoms with Crippen LogP contribution in [0.3, 0.4) is 0 Å². The molecule has 8 nitrogen and oxygen atoms in total. The van der Waals surface area contributed by atoms with Crippen LogP contribution in [0.4, 0.5) is 8.78 Å². The number of ether oxygens (including phenoxy) is 1. The number of Topliss-reactive ketones (excluding diaryl/α,β-unsaturated/α-hetero) is 1. The predicted octanol–water partition coefficient (Wildman–Crippen LogP) is 2.78. The second-order valence-corrected chi connectivity index (χ2v) is 11.0. The average Bonchev–Trinajstić information content (AvgIpc) is 3.12. The normalized spacial score (nSPS) is 20.8. The Labute approximate surface area is 226 Å². The molecule has 0 saturated carbocycles. The van der Waals surface area contributed by atoms with E-state index < -0.39 is 58.9 Å². The van der Waals surface area contributed by atoms with E-state index in [-0.39, 0.29) is 24.4 Å². The van der Waals surface area contributed by atoms with Crippen molar-refractivity contribution >= 4 is 17.7 Å². The minimum Gasteiger partial charge on any atom is -0.481 e. The number of rotatable bonds is 10. The van der Waals surface area contributed by atoms with Crippen molar-refractivity contribution in [2.45, 2.75) is 62.6 Å². The lowest BCUT2D eigenvalue weighted by molar-refractivity contribution is -0.139. The second kappa shape index (κ2) is 11.5. The van der Waals surface area contributed by atoms with Crippen LogP contribution in [-0.2, 0) is 31.1 Å². The first-order chi connectivity index (χ1) is 18.5. The molecule has 1 amide bonds. The molecule has 2 unspecified atom stereocenters. The summed E-state index contributed by atoms with van der Waals surface area (Å²) < 4.78 is 34.0. The molecule has 4 rings (SSSR count). The van der Waals surface area contributed by atoms with Gasteiger partial charge < -0.3 is 26.2 Å². The highest BCUT2D eigenvalue weighted by Crippen LogP contribution is 2.56. The molecule has 0 aromatic heterocycles. The molecule has 1 aliphatic heterocycles. The van der Waals surface area contributed by atoms with Gasteiger partial charge in [0.25, 0.3) is 0 Å². The topological polar surface area (TPSA) is 131 Å². The van der Waals surface area contributed by atoms with Crippen molar-refractivity contribution in [1.82, 2.24) is 10.6 Å². The lowest BCUT2D eigenvalue weighted by Crippen LogP contribution is -2.58. The van der Waals surface area contributed by atoms with E-state index in [4.69, 9.17) is 10.5 Å². The lowest BCUT2D eigenvalue weighted by atomic mass is 9.64. The Bertz CT molecular complexity index is 1220. The summed E-state index contributed by atoms with van der Waals surface area (Å²) in [7, 11) is 0. The van der Waals surface area contributed by atoms with Crippen molar-refractivity contribution in [3.8, 4) is 0 Å². The number of hydrogen-bond donors (Lipinski definition) is 4. The molecule has 0 bridgehead atoms. The monoisotopic (exact) mass is 543 g/mol. The minimum absolute atomic E-state index is 0.257. The van der Waals surface area contributed by atoms with Crippen molar-refractivity contribution in [1.29, 1.82) is 0 Å². The molecular formula is C29H35F2N3O5. The second-order valence-electron chi connectivity index (χ2n) is 11.0. The third kappa shape index (κ3) is 5.88. The maximum atomic E-state index is 14.4. The van der Waals surface area contributed by atoms with Crippen molar-refractivity contribution in [3.63, 3.8) is 0 Å². The summed E-state index contributed by atoms with van der Waals surface area (Å²) in [4.78, 5) is 39.3. The van der Waals surface area contributed by atoms with Gasteiger partial charge in [-0.25, -0.2) is 8.78 Å². The summed E-state index contributed by atoms with van der Waals surface area (Å²) in [5.41, 5.74) is 5.53. The molecule has 3 atom stereocenters. The molecule has 210 valence electrons. The van der Waals surface area contributed by atoms with Crippen LogP contribution in [0.5, 0.6) is 0 Å². The molecule has 1 saturated heterocycles. The van der Waals surface area contributed by atoms with Gasteiger partial charge in [-0.3, -0.25) is 14.4 Å². The summed E-state index contributed by atoms with van der Waals surface area (Å²) >= 11 is 0. The Balaban J connectivity index is 1.70. The number of carbonyl (C=O) groups is 3. The largest absolute Gasteiger partial charge is 0.481 e. The number of fused-ring (bicyclic) bond motifs is 2. The molecule has 1 heterocycles.